The van der Waals surface area contributed by atoms with E-state index in [2.05, 4.69) is 10.5 Å². The highest BCUT2D eigenvalue weighted by molar-refractivity contribution is 5.95. The van der Waals surface area contributed by atoms with Gasteiger partial charge < -0.3 is 10.5 Å². The van der Waals surface area contributed by atoms with Crippen molar-refractivity contribution in [1.29, 1.82) is 0 Å². The summed E-state index contributed by atoms with van der Waals surface area (Å²) in [6.45, 7) is 0. The van der Waals surface area contributed by atoms with Gasteiger partial charge in [0.1, 0.15) is 5.75 Å². The quantitative estimate of drug-likeness (QED) is 0.162. The molecule has 0 radical (unpaired) electrons. The number of anilines is 1. The maximum Gasteiger partial charge on any atom is 0.343 e. The Morgan fingerprint density at radius 3 is 2.33 bits per heavy atom. The number of hydrazone groups is 1. The zero-order valence-corrected chi connectivity index (χ0v) is 15.5. The molecule has 3 rings (SSSR count). The summed E-state index contributed by atoms with van der Waals surface area (Å²) in [4.78, 5) is 34.3. The molecule has 0 fully saturated rings. The third-order valence-corrected chi connectivity index (χ3v) is 3.94. The molecule has 0 spiro atoms. The van der Waals surface area contributed by atoms with Crippen LogP contribution in [0.4, 0.5) is 11.4 Å². The molecule has 0 heterocycles. The normalized spacial score (nSPS) is 10.5. The predicted molar refractivity (Wildman–Crippen MR) is 110 cm³/mol. The number of benzene rings is 3. The number of esters is 1. The number of rotatable bonds is 6. The van der Waals surface area contributed by atoms with Crippen LogP contribution in [0.1, 0.15) is 26.3 Å². The minimum Gasteiger partial charge on any atom is -0.423 e. The molecule has 0 atom stereocenters. The molecule has 0 aliphatic rings. The van der Waals surface area contributed by atoms with Gasteiger partial charge in [0.05, 0.1) is 16.7 Å². The number of nitro benzene ring substituents is 1. The molecule has 3 N–H and O–H groups in total. The average Bonchev–Trinajstić information content (AvgIpc) is 2.74. The Morgan fingerprint density at radius 2 is 1.67 bits per heavy atom. The first-order chi connectivity index (χ1) is 14.4. The number of carbonyl (C=O) groups is 2. The number of non-ortho nitro benzene ring substituents is 1. The van der Waals surface area contributed by atoms with Gasteiger partial charge in [0.2, 0.25) is 0 Å². The van der Waals surface area contributed by atoms with E-state index >= 15 is 0 Å². The predicted octanol–water partition coefficient (Wildman–Crippen LogP) is 3.16. The fraction of sp³-hybridized carbons (Fsp3) is 0. The zero-order valence-electron chi connectivity index (χ0n) is 15.5. The highest BCUT2D eigenvalue weighted by Gasteiger charge is 2.11. The molecule has 0 saturated carbocycles. The molecule has 0 aliphatic carbocycles. The smallest absolute Gasteiger partial charge is 0.343 e. The molecular weight excluding hydrogens is 388 g/mol. The van der Waals surface area contributed by atoms with E-state index in [1.165, 1.54) is 30.5 Å². The number of nitro groups is 1. The number of nitrogens with two attached hydrogens (primary N) is 1. The van der Waals surface area contributed by atoms with Gasteiger partial charge in [-0.15, -0.1) is 0 Å². The Morgan fingerprint density at radius 1 is 1.00 bits per heavy atom. The van der Waals surface area contributed by atoms with Crippen molar-refractivity contribution < 1.29 is 19.2 Å². The van der Waals surface area contributed by atoms with E-state index in [-0.39, 0.29) is 17.0 Å². The number of carbonyl (C=O) groups excluding carboxylic acids is 2. The van der Waals surface area contributed by atoms with Crippen LogP contribution in [0.2, 0.25) is 0 Å². The number of nitrogens with one attached hydrogen (secondary N) is 1. The van der Waals surface area contributed by atoms with Crippen LogP contribution in [-0.2, 0) is 0 Å². The minimum atomic E-state index is -0.657. The molecule has 1 amide bonds. The van der Waals surface area contributed by atoms with Crippen molar-refractivity contribution in [3.05, 3.63) is 99.6 Å². The lowest BCUT2D eigenvalue weighted by Gasteiger charge is -2.05. The third kappa shape index (κ3) is 5.26. The molecule has 9 nitrogen and oxygen atoms in total. The monoisotopic (exact) mass is 404 g/mol. The molecule has 3 aromatic rings. The topological polar surface area (TPSA) is 137 Å². The lowest BCUT2D eigenvalue weighted by Crippen LogP contribution is -2.17. The molecule has 150 valence electrons. The first kappa shape index (κ1) is 20.2. The van der Waals surface area contributed by atoms with Gasteiger partial charge in [-0.2, -0.15) is 5.10 Å². The molecule has 9 heteroatoms. The van der Waals surface area contributed by atoms with Crippen LogP contribution in [0.25, 0.3) is 0 Å². The van der Waals surface area contributed by atoms with Crippen molar-refractivity contribution in [1.82, 2.24) is 5.43 Å². The second-order valence-corrected chi connectivity index (χ2v) is 6.09. The standard InChI is InChI=1S/C21H16N4O5/c22-17-8-4-15(5-9-17)20(26)24-23-13-14-2-1-3-19(12-14)30-21(27)16-6-10-18(11-7-16)25(28)29/h1-13H,22H2,(H,24,26). The summed E-state index contributed by atoms with van der Waals surface area (Å²) in [5, 5.41) is 14.6. The first-order valence-corrected chi connectivity index (χ1v) is 8.68. The molecule has 0 bridgehead atoms. The second-order valence-electron chi connectivity index (χ2n) is 6.09. The van der Waals surface area contributed by atoms with Crippen molar-refractivity contribution >= 4 is 29.5 Å². The van der Waals surface area contributed by atoms with Gasteiger partial charge in [0.25, 0.3) is 11.6 Å². The van der Waals surface area contributed by atoms with E-state index in [1.807, 2.05) is 0 Å². The minimum absolute atomic E-state index is 0.120. The zero-order chi connectivity index (χ0) is 21.5. The van der Waals surface area contributed by atoms with E-state index in [9.17, 15) is 19.7 Å². The van der Waals surface area contributed by atoms with E-state index in [0.717, 1.165) is 0 Å². The molecule has 0 saturated heterocycles. The van der Waals surface area contributed by atoms with Crippen LogP contribution in [0.5, 0.6) is 5.75 Å². The van der Waals surface area contributed by atoms with Gasteiger partial charge in [0, 0.05) is 23.4 Å². The summed E-state index contributed by atoms with van der Waals surface area (Å²) in [5.41, 5.74) is 9.58. The van der Waals surface area contributed by atoms with Crippen LogP contribution in [0, 0.1) is 10.1 Å². The lowest BCUT2D eigenvalue weighted by atomic mass is 10.2. The van der Waals surface area contributed by atoms with Crippen molar-refractivity contribution in [3.8, 4) is 5.75 Å². The Bertz CT molecular complexity index is 1110. The first-order valence-electron chi connectivity index (χ1n) is 8.68. The van der Waals surface area contributed by atoms with Gasteiger partial charge >= 0.3 is 5.97 Å². The van der Waals surface area contributed by atoms with Crippen molar-refractivity contribution in [2.24, 2.45) is 5.10 Å². The molecule has 0 aromatic heterocycles. The number of hydrogen-bond donors (Lipinski definition) is 2. The van der Waals surface area contributed by atoms with Crippen molar-refractivity contribution in [2.45, 2.75) is 0 Å². The highest BCUT2D eigenvalue weighted by Crippen LogP contribution is 2.16. The van der Waals surface area contributed by atoms with Gasteiger partial charge in [0.15, 0.2) is 0 Å². The maximum atomic E-state index is 12.2. The van der Waals surface area contributed by atoms with Gasteiger partial charge in [-0.3, -0.25) is 14.9 Å². The van der Waals surface area contributed by atoms with E-state index in [0.29, 0.717) is 16.8 Å². The number of nitrogen functional groups attached to an aromatic ring is 1. The molecule has 30 heavy (non-hydrogen) atoms. The largest absolute Gasteiger partial charge is 0.423 e. The number of ether oxygens (including phenoxy) is 1. The summed E-state index contributed by atoms with van der Waals surface area (Å²) in [6, 6.07) is 18.0. The van der Waals surface area contributed by atoms with Crippen LogP contribution in [0.3, 0.4) is 0 Å². The van der Waals surface area contributed by atoms with Gasteiger partial charge in [-0.25, -0.2) is 10.2 Å². The van der Waals surface area contributed by atoms with Gasteiger partial charge in [-0.1, -0.05) is 12.1 Å². The highest BCUT2D eigenvalue weighted by atomic mass is 16.6. The molecule has 3 aromatic carbocycles. The number of nitrogens with zero attached hydrogens (tertiary/aromatic N) is 2. The number of hydrogen-bond acceptors (Lipinski definition) is 7. The van der Waals surface area contributed by atoms with Crippen molar-refractivity contribution in [3.63, 3.8) is 0 Å². The summed E-state index contributed by atoms with van der Waals surface area (Å²) < 4.78 is 5.28. The van der Waals surface area contributed by atoms with Crippen LogP contribution < -0.4 is 15.9 Å². The Hall–Kier alpha value is -4.53. The fourth-order valence-corrected chi connectivity index (χ4v) is 2.41. The maximum absolute atomic E-state index is 12.2. The molecular formula is C21H16N4O5. The Balaban J connectivity index is 1.61. The second kappa shape index (κ2) is 9.11. The summed E-state index contributed by atoms with van der Waals surface area (Å²) in [5.74, 6) is -0.796. The summed E-state index contributed by atoms with van der Waals surface area (Å²) >= 11 is 0. The van der Waals surface area contributed by atoms with Gasteiger partial charge in [-0.05, 0) is 54.1 Å². The van der Waals surface area contributed by atoms with Crippen molar-refractivity contribution in [2.75, 3.05) is 5.73 Å². The fourth-order valence-electron chi connectivity index (χ4n) is 2.41. The number of amides is 1. The average molecular weight is 404 g/mol. The molecule has 0 aliphatic heterocycles. The summed E-state index contributed by atoms with van der Waals surface area (Å²) in [6.07, 6.45) is 1.40. The summed E-state index contributed by atoms with van der Waals surface area (Å²) in [7, 11) is 0. The van der Waals surface area contributed by atoms with E-state index < -0.39 is 16.8 Å². The molecule has 0 unspecified atom stereocenters. The SMILES string of the molecule is Nc1ccc(C(=O)NN=Cc2cccc(OC(=O)c3ccc([N+](=O)[O-])cc3)c2)cc1. The Labute approximate surface area is 170 Å². The van der Waals surface area contributed by atoms with Crippen LogP contribution >= 0.6 is 0 Å². The third-order valence-electron chi connectivity index (χ3n) is 3.94. The Kier molecular flexibility index (Phi) is 6.14. The van der Waals surface area contributed by atoms with E-state index in [4.69, 9.17) is 10.5 Å². The van der Waals surface area contributed by atoms with Crippen LogP contribution in [0.15, 0.2) is 77.9 Å². The lowest BCUT2D eigenvalue weighted by molar-refractivity contribution is -0.384. The van der Waals surface area contributed by atoms with Crippen LogP contribution in [-0.4, -0.2) is 23.0 Å². The van der Waals surface area contributed by atoms with E-state index in [1.54, 1.807) is 48.5 Å².